The number of ether oxygens (including phenoxy) is 1. The second-order valence-corrected chi connectivity index (χ2v) is 5.24. The van der Waals surface area contributed by atoms with Gasteiger partial charge in [-0.2, -0.15) is 0 Å². The van der Waals surface area contributed by atoms with Crippen molar-refractivity contribution in [2.75, 3.05) is 12.4 Å². The average Bonchev–Trinajstić information content (AvgIpc) is 2.43. The standard InChI is InChI=1S/C15H15BrN2O2/c1-9-4-5-13(20-3)12(6-9)15(19)18-11-7-10(2)14(16)17-8-11/h4-8H,1-3H3,(H,18,19). The molecule has 0 saturated heterocycles. The van der Waals surface area contributed by atoms with Crippen LogP contribution in [0, 0.1) is 13.8 Å². The van der Waals surface area contributed by atoms with Crippen LogP contribution < -0.4 is 10.1 Å². The van der Waals surface area contributed by atoms with Crippen molar-refractivity contribution >= 4 is 27.5 Å². The van der Waals surface area contributed by atoms with Gasteiger partial charge in [0.15, 0.2) is 0 Å². The third-order valence-electron chi connectivity index (χ3n) is 2.87. The van der Waals surface area contributed by atoms with E-state index in [1.165, 1.54) is 0 Å². The van der Waals surface area contributed by atoms with Crippen LogP contribution in [-0.2, 0) is 0 Å². The van der Waals surface area contributed by atoms with Crippen molar-refractivity contribution < 1.29 is 9.53 Å². The highest BCUT2D eigenvalue weighted by atomic mass is 79.9. The Morgan fingerprint density at radius 3 is 2.70 bits per heavy atom. The second kappa shape index (κ2) is 6.05. The monoisotopic (exact) mass is 334 g/mol. The summed E-state index contributed by atoms with van der Waals surface area (Å²) in [6, 6.07) is 7.35. The minimum Gasteiger partial charge on any atom is -0.496 e. The van der Waals surface area contributed by atoms with Crippen molar-refractivity contribution in [1.82, 2.24) is 4.98 Å². The molecule has 1 heterocycles. The van der Waals surface area contributed by atoms with Gasteiger partial charge in [-0.05, 0) is 53.5 Å². The number of carbonyl (C=O) groups is 1. The lowest BCUT2D eigenvalue weighted by atomic mass is 10.1. The molecule has 5 heteroatoms. The van der Waals surface area contributed by atoms with Gasteiger partial charge in [0.2, 0.25) is 0 Å². The fourth-order valence-electron chi connectivity index (χ4n) is 1.82. The number of aromatic nitrogens is 1. The van der Waals surface area contributed by atoms with Gasteiger partial charge in [-0.25, -0.2) is 4.98 Å². The van der Waals surface area contributed by atoms with E-state index in [2.05, 4.69) is 26.2 Å². The molecule has 104 valence electrons. The number of aryl methyl sites for hydroxylation is 2. The highest BCUT2D eigenvalue weighted by Gasteiger charge is 2.13. The maximum Gasteiger partial charge on any atom is 0.259 e. The summed E-state index contributed by atoms with van der Waals surface area (Å²) in [7, 11) is 1.55. The first-order valence-electron chi connectivity index (χ1n) is 6.09. The largest absolute Gasteiger partial charge is 0.496 e. The Kier molecular flexibility index (Phi) is 4.39. The SMILES string of the molecule is COc1ccc(C)cc1C(=O)Nc1cnc(Br)c(C)c1. The number of methoxy groups -OCH3 is 1. The molecule has 0 radical (unpaired) electrons. The van der Waals surface area contributed by atoms with Gasteiger partial charge in [-0.1, -0.05) is 11.6 Å². The summed E-state index contributed by atoms with van der Waals surface area (Å²) in [6.45, 7) is 3.85. The number of pyridine rings is 1. The van der Waals surface area contributed by atoms with Crippen molar-refractivity contribution in [1.29, 1.82) is 0 Å². The van der Waals surface area contributed by atoms with Gasteiger partial charge < -0.3 is 10.1 Å². The molecule has 0 atom stereocenters. The third kappa shape index (κ3) is 3.17. The van der Waals surface area contributed by atoms with Crippen LogP contribution in [0.4, 0.5) is 5.69 Å². The highest BCUT2D eigenvalue weighted by Crippen LogP contribution is 2.22. The molecule has 2 rings (SSSR count). The van der Waals surface area contributed by atoms with Crippen LogP contribution in [0.1, 0.15) is 21.5 Å². The molecule has 2 aromatic rings. The third-order valence-corrected chi connectivity index (χ3v) is 3.70. The Morgan fingerprint density at radius 1 is 1.30 bits per heavy atom. The number of benzene rings is 1. The predicted octanol–water partition coefficient (Wildman–Crippen LogP) is 3.72. The first-order valence-corrected chi connectivity index (χ1v) is 6.88. The number of carbonyl (C=O) groups excluding carboxylic acids is 1. The summed E-state index contributed by atoms with van der Waals surface area (Å²) in [6.07, 6.45) is 1.61. The van der Waals surface area contributed by atoms with Gasteiger partial charge in [-0.15, -0.1) is 0 Å². The number of anilines is 1. The maximum absolute atomic E-state index is 12.3. The lowest BCUT2D eigenvalue weighted by Gasteiger charge is -2.10. The lowest BCUT2D eigenvalue weighted by molar-refractivity contribution is 0.102. The number of rotatable bonds is 3. The molecule has 20 heavy (non-hydrogen) atoms. The molecule has 0 aliphatic carbocycles. The molecule has 1 aromatic heterocycles. The van der Waals surface area contributed by atoms with Crippen LogP contribution in [-0.4, -0.2) is 18.0 Å². The molecule has 0 aliphatic rings. The number of nitrogens with one attached hydrogen (secondary N) is 1. The van der Waals surface area contributed by atoms with Crippen LogP contribution >= 0.6 is 15.9 Å². The summed E-state index contributed by atoms with van der Waals surface area (Å²) in [4.78, 5) is 16.5. The van der Waals surface area contributed by atoms with Gasteiger partial charge in [0.1, 0.15) is 10.4 Å². The van der Waals surface area contributed by atoms with Gasteiger partial charge >= 0.3 is 0 Å². The van der Waals surface area contributed by atoms with E-state index in [9.17, 15) is 4.79 Å². The quantitative estimate of drug-likeness (QED) is 0.870. The number of halogens is 1. The minimum absolute atomic E-state index is 0.214. The Bertz CT molecular complexity index is 656. The Hall–Kier alpha value is -1.88. The molecule has 1 N–H and O–H groups in total. The maximum atomic E-state index is 12.3. The summed E-state index contributed by atoms with van der Waals surface area (Å²) in [5.74, 6) is 0.337. The summed E-state index contributed by atoms with van der Waals surface area (Å²) in [5.41, 5.74) is 3.12. The van der Waals surface area contributed by atoms with Crippen molar-refractivity contribution in [3.63, 3.8) is 0 Å². The fraction of sp³-hybridized carbons (Fsp3) is 0.200. The van der Waals surface area contributed by atoms with Crippen molar-refractivity contribution in [2.24, 2.45) is 0 Å². The fourth-order valence-corrected chi connectivity index (χ4v) is 2.04. The average molecular weight is 335 g/mol. The number of hydrogen-bond donors (Lipinski definition) is 1. The van der Waals surface area contributed by atoms with Gasteiger partial charge in [0.05, 0.1) is 24.6 Å². The van der Waals surface area contributed by atoms with Crippen LogP contribution in [0.15, 0.2) is 35.1 Å². The van der Waals surface area contributed by atoms with E-state index < -0.39 is 0 Å². The van der Waals surface area contributed by atoms with Crippen molar-refractivity contribution in [2.45, 2.75) is 13.8 Å². The minimum atomic E-state index is -0.214. The Morgan fingerprint density at radius 2 is 2.05 bits per heavy atom. The van der Waals surface area contributed by atoms with Crippen LogP contribution in [0.3, 0.4) is 0 Å². The molecular formula is C15H15BrN2O2. The molecule has 4 nitrogen and oxygen atoms in total. The normalized spacial score (nSPS) is 10.2. The molecule has 0 saturated carbocycles. The number of amides is 1. The molecule has 0 unspecified atom stereocenters. The first-order chi connectivity index (χ1) is 9.51. The molecule has 0 spiro atoms. The van der Waals surface area contributed by atoms with E-state index in [1.54, 1.807) is 25.4 Å². The highest BCUT2D eigenvalue weighted by molar-refractivity contribution is 9.10. The van der Waals surface area contributed by atoms with Crippen LogP contribution in [0.25, 0.3) is 0 Å². The topological polar surface area (TPSA) is 51.2 Å². The van der Waals surface area contributed by atoms with Gasteiger partial charge in [0.25, 0.3) is 5.91 Å². The van der Waals surface area contributed by atoms with Gasteiger partial charge in [-0.3, -0.25) is 4.79 Å². The zero-order chi connectivity index (χ0) is 14.7. The van der Waals surface area contributed by atoms with E-state index in [1.807, 2.05) is 26.0 Å². The summed E-state index contributed by atoms with van der Waals surface area (Å²) in [5, 5.41) is 2.83. The van der Waals surface area contributed by atoms with Gasteiger partial charge in [0, 0.05) is 0 Å². The molecular weight excluding hydrogens is 320 g/mol. The van der Waals surface area contributed by atoms with Crippen molar-refractivity contribution in [3.05, 3.63) is 51.8 Å². The number of nitrogens with zero attached hydrogens (tertiary/aromatic N) is 1. The molecule has 0 fully saturated rings. The summed E-state index contributed by atoms with van der Waals surface area (Å²) < 4.78 is 5.99. The second-order valence-electron chi connectivity index (χ2n) is 4.49. The van der Waals surface area contributed by atoms with E-state index in [-0.39, 0.29) is 5.91 Å². The van der Waals surface area contributed by atoms with Crippen molar-refractivity contribution in [3.8, 4) is 5.75 Å². The Labute approximate surface area is 126 Å². The molecule has 1 amide bonds. The lowest BCUT2D eigenvalue weighted by Crippen LogP contribution is -2.13. The first kappa shape index (κ1) is 14.5. The smallest absolute Gasteiger partial charge is 0.259 e. The predicted molar refractivity (Wildman–Crippen MR) is 82.4 cm³/mol. The van der Waals surface area contributed by atoms with Crippen LogP contribution in [0.5, 0.6) is 5.75 Å². The zero-order valence-corrected chi connectivity index (χ0v) is 13.1. The van der Waals surface area contributed by atoms with E-state index >= 15 is 0 Å². The zero-order valence-electron chi connectivity index (χ0n) is 11.5. The van der Waals surface area contributed by atoms with E-state index in [0.717, 1.165) is 15.7 Å². The van der Waals surface area contributed by atoms with E-state index in [4.69, 9.17) is 4.74 Å². The molecule has 1 aromatic carbocycles. The van der Waals surface area contributed by atoms with E-state index in [0.29, 0.717) is 17.0 Å². The molecule has 0 bridgehead atoms. The Balaban J connectivity index is 2.27. The number of hydrogen-bond acceptors (Lipinski definition) is 3. The van der Waals surface area contributed by atoms with Crippen LogP contribution in [0.2, 0.25) is 0 Å². The summed E-state index contributed by atoms with van der Waals surface area (Å²) >= 11 is 3.33. The molecule has 0 aliphatic heterocycles.